The van der Waals surface area contributed by atoms with Crippen LogP contribution in [0.4, 0.5) is 0 Å². The first-order valence-electron chi connectivity index (χ1n) is 4.90. The molecular formula is C10H21N. The van der Waals surface area contributed by atoms with Crippen molar-refractivity contribution in [2.45, 2.75) is 40.0 Å². The van der Waals surface area contributed by atoms with Gasteiger partial charge in [-0.2, -0.15) is 0 Å². The van der Waals surface area contributed by atoms with Crippen LogP contribution >= 0.6 is 0 Å². The molecule has 1 saturated heterocycles. The molecule has 1 aliphatic heterocycles. The summed E-state index contributed by atoms with van der Waals surface area (Å²) < 4.78 is 0. The van der Waals surface area contributed by atoms with Gasteiger partial charge in [0, 0.05) is 0 Å². The van der Waals surface area contributed by atoms with Crippen molar-refractivity contribution in [2.24, 2.45) is 11.3 Å². The molecule has 0 aromatic heterocycles. The predicted octanol–water partition coefficient (Wildman–Crippen LogP) is 2.42. The Balaban J connectivity index is 2.49. The molecule has 1 aliphatic rings. The van der Waals surface area contributed by atoms with Crippen LogP contribution in [0.25, 0.3) is 0 Å². The normalized spacial score (nSPS) is 26.5. The Hall–Kier alpha value is -0.0400. The van der Waals surface area contributed by atoms with Crippen molar-refractivity contribution in [3.8, 4) is 0 Å². The van der Waals surface area contributed by atoms with E-state index in [1.807, 2.05) is 0 Å². The second-order valence-corrected chi connectivity index (χ2v) is 4.21. The molecule has 0 aliphatic carbocycles. The highest BCUT2D eigenvalue weighted by atomic mass is 14.9. The molecule has 0 amide bonds. The van der Waals surface area contributed by atoms with Crippen molar-refractivity contribution < 1.29 is 0 Å². The van der Waals surface area contributed by atoms with Gasteiger partial charge in [0.1, 0.15) is 0 Å². The summed E-state index contributed by atoms with van der Waals surface area (Å²) in [5.74, 6) is 0.893. The lowest BCUT2D eigenvalue weighted by molar-refractivity contribution is 0.137. The fraction of sp³-hybridized carbons (Fsp3) is 1.00. The van der Waals surface area contributed by atoms with Crippen LogP contribution in [0.1, 0.15) is 40.0 Å². The summed E-state index contributed by atoms with van der Waals surface area (Å²) in [6, 6.07) is 0. The molecule has 0 aromatic carbocycles. The third-order valence-electron chi connectivity index (χ3n) is 3.55. The van der Waals surface area contributed by atoms with E-state index in [-0.39, 0.29) is 0 Å². The first-order chi connectivity index (χ1) is 5.19. The molecule has 1 fully saturated rings. The van der Waals surface area contributed by atoms with E-state index in [2.05, 4.69) is 26.1 Å². The van der Waals surface area contributed by atoms with Gasteiger partial charge in [0.15, 0.2) is 0 Å². The number of hydrogen-bond donors (Lipinski definition) is 1. The van der Waals surface area contributed by atoms with Crippen LogP contribution in [-0.2, 0) is 0 Å². The van der Waals surface area contributed by atoms with Crippen molar-refractivity contribution in [2.75, 3.05) is 13.1 Å². The van der Waals surface area contributed by atoms with Crippen molar-refractivity contribution in [3.63, 3.8) is 0 Å². The second kappa shape index (κ2) is 3.57. The topological polar surface area (TPSA) is 12.0 Å². The molecule has 0 aromatic rings. The maximum absolute atomic E-state index is 3.42. The van der Waals surface area contributed by atoms with Gasteiger partial charge in [0.2, 0.25) is 0 Å². The Labute approximate surface area is 70.6 Å². The fourth-order valence-corrected chi connectivity index (χ4v) is 1.98. The highest BCUT2D eigenvalue weighted by Gasteiger charge is 2.31. The van der Waals surface area contributed by atoms with Crippen molar-refractivity contribution >= 4 is 0 Å². The molecule has 1 rings (SSSR count). The summed E-state index contributed by atoms with van der Waals surface area (Å²) in [6.45, 7) is 9.59. The minimum absolute atomic E-state index is 0.625. The van der Waals surface area contributed by atoms with Crippen LogP contribution in [0.15, 0.2) is 0 Å². The molecule has 1 unspecified atom stereocenters. The Bertz CT molecular complexity index is 114. The molecule has 0 saturated carbocycles. The zero-order valence-corrected chi connectivity index (χ0v) is 8.11. The summed E-state index contributed by atoms with van der Waals surface area (Å²) >= 11 is 0. The standard InChI is InChI=1S/C10H21N/c1-4-9(2)10(3)5-7-11-8-6-10/h9,11H,4-8H2,1-3H3. The van der Waals surface area contributed by atoms with Crippen molar-refractivity contribution in [3.05, 3.63) is 0 Å². The highest BCUT2D eigenvalue weighted by molar-refractivity contribution is 4.84. The smallest absolute Gasteiger partial charge is 0.00436 e. The van der Waals surface area contributed by atoms with Gasteiger partial charge >= 0.3 is 0 Å². The summed E-state index contributed by atoms with van der Waals surface area (Å²) in [7, 11) is 0. The number of nitrogens with one attached hydrogen (secondary N) is 1. The van der Waals surface area contributed by atoms with Gasteiger partial charge in [0.05, 0.1) is 0 Å². The lowest BCUT2D eigenvalue weighted by Gasteiger charge is -2.39. The van der Waals surface area contributed by atoms with Crippen LogP contribution in [0, 0.1) is 11.3 Å². The maximum atomic E-state index is 3.42. The Morgan fingerprint density at radius 3 is 2.36 bits per heavy atom. The molecule has 11 heavy (non-hydrogen) atoms. The van der Waals surface area contributed by atoms with Gasteiger partial charge in [-0.1, -0.05) is 27.2 Å². The van der Waals surface area contributed by atoms with Crippen LogP contribution in [0.2, 0.25) is 0 Å². The molecule has 1 atom stereocenters. The Morgan fingerprint density at radius 1 is 1.36 bits per heavy atom. The van der Waals surface area contributed by atoms with Gasteiger partial charge < -0.3 is 5.32 Å². The molecule has 0 bridgehead atoms. The van der Waals surface area contributed by atoms with E-state index in [1.54, 1.807) is 0 Å². The maximum Gasteiger partial charge on any atom is -0.00436 e. The van der Waals surface area contributed by atoms with E-state index in [9.17, 15) is 0 Å². The molecule has 1 nitrogen and oxygen atoms in total. The number of piperidine rings is 1. The van der Waals surface area contributed by atoms with Crippen molar-refractivity contribution in [1.82, 2.24) is 5.32 Å². The van der Waals surface area contributed by atoms with Crippen LogP contribution in [-0.4, -0.2) is 13.1 Å². The highest BCUT2D eigenvalue weighted by Crippen LogP contribution is 2.37. The molecule has 1 heteroatoms. The number of hydrogen-bond acceptors (Lipinski definition) is 1. The van der Waals surface area contributed by atoms with Gasteiger partial charge in [-0.25, -0.2) is 0 Å². The Kier molecular flexibility index (Phi) is 2.94. The van der Waals surface area contributed by atoms with E-state index in [4.69, 9.17) is 0 Å². The van der Waals surface area contributed by atoms with Crippen molar-refractivity contribution in [1.29, 1.82) is 0 Å². The molecular weight excluding hydrogens is 134 g/mol. The van der Waals surface area contributed by atoms with E-state index >= 15 is 0 Å². The number of rotatable bonds is 2. The summed E-state index contributed by atoms with van der Waals surface area (Å²) in [6.07, 6.45) is 4.06. The lowest BCUT2D eigenvalue weighted by atomic mass is 9.70. The first kappa shape index (κ1) is 9.05. The van der Waals surface area contributed by atoms with Gasteiger partial charge in [-0.05, 0) is 37.3 Å². The molecule has 1 N–H and O–H groups in total. The average Bonchev–Trinajstić information content (AvgIpc) is 2.04. The molecule has 0 spiro atoms. The molecule has 0 radical (unpaired) electrons. The van der Waals surface area contributed by atoms with Crippen LogP contribution < -0.4 is 5.32 Å². The zero-order chi connectivity index (χ0) is 8.32. The quantitative estimate of drug-likeness (QED) is 0.646. The van der Waals surface area contributed by atoms with Gasteiger partial charge in [-0.3, -0.25) is 0 Å². The van der Waals surface area contributed by atoms with Gasteiger partial charge in [-0.15, -0.1) is 0 Å². The molecule has 1 heterocycles. The minimum atomic E-state index is 0.625. The summed E-state index contributed by atoms with van der Waals surface area (Å²) in [5.41, 5.74) is 0.625. The monoisotopic (exact) mass is 155 g/mol. The first-order valence-corrected chi connectivity index (χ1v) is 4.90. The second-order valence-electron chi connectivity index (χ2n) is 4.21. The largest absolute Gasteiger partial charge is 0.317 e. The fourth-order valence-electron chi connectivity index (χ4n) is 1.98. The minimum Gasteiger partial charge on any atom is -0.317 e. The van der Waals surface area contributed by atoms with Crippen LogP contribution in [0.3, 0.4) is 0 Å². The van der Waals surface area contributed by atoms with E-state index in [0.717, 1.165) is 5.92 Å². The lowest BCUT2D eigenvalue weighted by Crippen LogP contribution is -2.38. The third-order valence-corrected chi connectivity index (χ3v) is 3.55. The zero-order valence-electron chi connectivity index (χ0n) is 8.11. The van der Waals surface area contributed by atoms with E-state index < -0.39 is 0 Å². The third kappa shape index (κ3) is 1.96. The predicted molar refractivity (Wildman–Crippen MR) is 49.7 cm³/mol. The van der Waals surface area contributed by atoms with E-state index in [1.165, 1.54) is 32.4 Å². The summed E-state index contributed by atoms with van der Waals surface area (Å²) in [4.78, 5) is 0. The average molecular weight is 155 g/mol. The van der Waals surface area contributed by atoms with Gasteiger partial charge in [0.25, 0.3) is 0 Å². The van der Waals surface area contributed by atoms with E-state index in [0.29, 0.717) is 5.41 Å². The molecule has 66 valence electrons. The Morgan fingerprint density at radius 2 is 1.91 bits per heavy atom. The summed E-state index contributed by atoms with van der Waals surface area (Å²) in [5, 5.41) is 3.42. The SMILES string of the molecule is CCC(C)C1(C)CCNCC1. The van der Waals surface area contributed by atoms with Crippen LogP contribution in [0.5, 0.6) is 0 Å².